The molecule has 1 heterocycles. The van der Waals surface area contributed by atoms with Gasteiger partial charge < -0.3 is 15.4 Å². The topological polar surface area (TPSA) is 76.1 Å². The van der Waals surface area contributed by atoms with Gasteiger partial charge in [0.1, 0.15) is 11.4 Å². The van der Waals surface area contributed by atoms with Gasteiger partial charge in [0.05, 0.1) is 7.11 Å². The SMILES string of the molecule is COc1ccccc1CCNc1nc(C)cc(C(=O)Nc2cccc(C)c2)n1. The highest BCUT2D eigenvalue weighted by atomic mass is 16.5. The van der Waals surface area contributed by atoms with Crippen LogP contribution in [0.25, 0.3) is 0 Å². The largest absolute Gasteiger partial charge is 0.496 e. The number of hydrogen-bond acceptors (Lipinski definition) is 5. The lowest BCUT2D eigenvalue weighted by molar-refractivity contribution is 0.102. The second-order valence-electron chi connectivity index (χ2n) is 6.53. The van der Waals surface area contributed by atoms with Crippen LogP contribution in [-0.4, -0.2) is 29.5 Å². The summed E-state index contributed by atoms with van der Waals surface area (Å²) < 4.78 is 5.37. The average Bonchev–Trinajstić information content (AvgIpc) is 2.68. The lowest BCUT2D eigenvalue weighted by atomic mass is 10.1. The van der Waals surface area contributed by atoms with Gasteiger partial charge in [-0.2, -0.15) is 0 Å². The van der Waals surface area contributed by atoms with Crippen LogP contribution in [0.3, 0.4) is 0 Å². The van der Waals surface area contributed by atoms with Crippen molar-refractivity contribution in [2.24, 2.45) is 0 Å². The van der Waals surface area contributed by atoms with Gasteiger partial charge in [-0.3, -0.25) is 4.79 Å². The molecule has 0 radical (unpaired) electrons. The quantitative estimate of drug-likeness (QED) is 0.652. The number of rotatable bonds is 7. The minimum atomic E-state index is -0.260. The van der Waals surface area contributed by atoms with E-state index >= 15 is 0 Å². The summed E-state index contributed by atoms with van der Waals surface area (Å²) in [5.74, 6) is 1.03. The zero-order chi connectivity index (χ0) is 19.9. The normalized spacial score (nSPS) is 10.4. The van der Waals surface area contributed by atoms with Crippen molar-refractivity contribution in [3.8, 4) is 5.75 Å². The zero-order valence-corrected chi connectivity index (χ0v) is 16.3. The molecule has 6 heteroatoms. The molecule has 3 aromatic rings. The Hall–Kier alpha value is -3.41. The van der Waals surface area contributed by atoms with Gasteiger partial charge in [-0.05, 0) is 55.7 Å². The van der Waals surface area contributed by atoms with Gasteiger partial charge in [0, 0.05) is 17.9 Å². The molecule has 144 valence electrons. The third-order valence-electron chi connectivity index (χ3n) is 4.23. The van der Waals surface area contributed by atoms with Crippen LogP contribution in [0.15, 0.2) is 54.6 Å². The van der Waals surface area contributed by atoms with Crippen LogP contribution in [-0.2, 0) is 6.42 Å². The van der Waals surface area contributed by atoms with E-state index in [0.29, 0.717) is 18.2 Å². The first-order valence-corrected chi connectivity index (χ1v) is 9.14. The van der Waals surface area contributed by atoms with E-state index in [4.69, 9.17) is 4.74 Å². The Bertz CT molecular complexity index is 972. The minimum absolute atomic E-state index is 0.260. The van der Waals surface area contributed by atoms with Gasteiger partial charge in [0.2, 0.25) is 5.95 Å². The summed E-state index contributed by atoms with van der Waals surface area (Å²) in [4.78, 5) is 21.3. The smallest absolute Gasteiger partial charge is 0.274 e. The maximum Gasteiger partial charge on any atom is 0.274 e. The lowest BCUT2D eigenvalue weighted by Gasteiger charge is -2.11. The van der Waals surface area contributed by atoms with Crippen molar-refractivity contribution in [2.75, 3.05) is 24.3 Å². The molecule has 0 aliphatic heterocycles. The van der Waals surface area contributed by atoms with Crippen molar-refractivity contribution in [2.45, 2.75) is 20.3 Å². The van der Waals surface area contributed by atoms with Crippen LogP contribution in [0, 0.1) is 13.8 Å². The highest BCUT2D eigenvalue weighted by Gasteiger charge is 2.11. The molecule has 2 aromatic carbocycles. The predicted molar refractivity (Wildman–Crippen MR) is 111 cm³/mol. The van der Waals surface area contributed by atoms with Gasteiger partial charge in [0.25, 0.3) is 5.91 Å². The molecular weight excluding hydrogens is 352 g/mol. The number of methoxy groups -OCH3 is 1. The van der Waals surface area contributed by atoms with E-state index in [1.54, 1.807) is 13.2 Å². The molecule has 0 bridgehead atoms. The molecular formula is C22H24N4O2. The van der Waals surface area contributed by atoms with Crippen molar-refractivity contribution in [1.82, 2.24) is 9.97 Å². The van der Waals surface area contributed by atoms with Crippen molar-refractivity contribution < 1.29 is 9.53 Å². The molecule has 0 unspecified atom stereocenters. The molecule has 0 saturated carbocycles. The molecule has 0 atom stereocenters. The number of nitrogens with one attached hydrogen (secondary N) is 2. The molecule has 0 saturated heterocycles. The molecule has 1 aromatic heterocycles. The minimum Gasteiger partial charge on any atom is -0.496 e. The van der Waals surface area contributed by atoms with E-state index in [-0.39, 0.29) is 5.91 Å². The molecule has 3 rings (SSSR count). The van der Waals surface area contributed by atoms with Crippen LogP contribution < -0.4 is 15.4 Å². The number of carbonyl (C=O) groups excluding carboxylic acids is 1. The second-order valence-corrected chi connectivity index (χ2v) is 6.53. The Morgan fingerprint density at radius 3 is 2.64 bits per heavy atom. The second kappa shape index (κ2) is 8.99. The van der Waals surface area contributed by atoms with Gasteiger partial charge in [-0.15, -0.1) is 0 Å². The number of ether oxygens (including phenoxy) is 1. The summed E-state index contributed by atoms with van der Waals surface area (Å²) >= 11 is 0. The number of aromatic nitrogens is 2. The van der Waals surface area contributed by atoms with Crippen molar-refractivity contribution in [3.63, 3.8) is 0 Å². The molecule has 0 aliphatic carbocycles. The molecule has 0 spiro atoms. The Kier molecular flexibility index (Phi) is 6.22. The number of hydrogen-bond donors (Lipinski definition) is 2. The highest BCUT2D eigenvalue weighted by Crippen LogP contribution is 2.18. The fraction of sp³-hybridized carbons (Fsp3) is 0.227. The highest BCUT2D eigenvalue weighted by molar-refractivity contribution is 6.03. The Labute approximate surface area is 165 Å². The van der Waals surface area contributed by atoms with Crippen LogP contribution in [0.2, 0.25) is 0 Å². The zero-order valence-electron chi connectivity index (χ0n) is 16.3. The van der Waals surface area contributed by atoms with Crippen LogP contribution in [0.4, 0.5) is 11.6 Å². The van der Waals surface area contributed by atoms with Gasteiger partial charge in [-0.25, -0.2) is 9.97 Å². The number of nitrogens with zero attached hydrogens (tertiary/aromatic N) is 2. The number of aryl methyl sites for hydroxylation is 2. The number of anilines is 2. The van der Waals surface area contributed by atoms with Gasteiger partial charge in [0.15, 0.2) is 0 Å². The summed E-state index contributed by atoms with van der Waals surface area (Å²) in [7, 11) is 1.66. The van der Waals surface area contributed by atoms with Crippen LogP contribution in [0.5, 0.6) is 5.75 Å². The van der Waals surface area contributed by atoms with Gasteiger partial charge in [-0.1, -0.05) is 30.3 Å². The predicted octanol–water partition coefficient (Wildman–Crippen LogP) is 4.01. The van der Waals surface area contributed by atoms with Crippen molar-refractivity contribution in [1.29, 1.82) is 0 Å². The van der Waals surface area contributed by atoms with Crippen LogP contribution >= 0.6 is 0 Å². The number of para-hydroxylation sites is 1. The summed E-state index contributed by atoms with van der Waals surface area (Å²) in [5.41, 5.74) is 3.97. The standard InChI is InChI=1S/C22H24N4O2/c1-15-7-6-9-18(13-15)25-21(27)19-14-16(2)24-22(26-19)23-12-11-17-8-4-5-10-20(17)28-3/h4-10,13-14H,11-12H2,1-3H3,(H,25,27)(H,23,24,26). The summed E-state index contributed by atoms with van der Waals surface area (Å²) in [6.45, 7) is 4.45. The number of carbonyl (C=O) groups is 1. The maximum absolute atomic E-state index is 12.6. The monoisotopic (exact) mass is 376 g/mol. The lowest BCUT2D eigenvalue weighted by Crippen LogP contribution is -2.17. The molecule has 2 N–H and O–H groups in total. The van der Waals surface area contributed by atoms with E-state index in [2.05, 4.69) is 20.6 Å². The fourth-order valence-corrected chi connectivity index (χ4v) is 2.90. The Balaban J connectivity index is 1.66. The molecule has 1 amide bonds. The summed E-state index contributed by atoms with van der Waals surface area (Å²) in [5, 5.41) is 6.07. The van der Waals surface area contributed by atoms with Gasteiger partial charge >= 0.3 is 0 Å². The third-order valence-corrected chi connectivity index (χ3v) is 4.23. The maximum atomic E-state index is 12.6. The van der Waals surface area contributed by atoms with E-state index in [9.17, 15) is 4.79 Å². The van der Waals surface area contributed by atoms with E-state index in [1.807, 2.05) is 62.4 Å². The summed E-state index contributed by atoms with van der Waals surface area (Å²) in [6.07, 6.45) is 0.756. The van der Waals surface area contributed by atoms with E-state index < -0.39 is 0 Å². The molecule has 0 aliphatic rings. The number of benzene rings is 2. The number of amides is 1. The Morgan fingerprint density at radius 2 is 1.86 bits per heavy atom. The first kappa shape index (κ1) is 19.4. The molecule has 0 fully saturated rings. The fourth-order valence-electron chi connectivity index (χ4n) is 2.90. The average molecular weight is 376 g/mol. The van der Waals surface area contributed by atoms with E-state index in [1.165, 1.54) is 0 Å². The van der Waals surface area contributed by atoms with E-state index in [0.717, 1.165) is 34.7 Å². The van der Waals surface area contributed by atoms with Crippen molar-refractivity contribution in [3.05, 3.63) is 77.1 Å². The summed E-state index contributed by atoms with van der Waals surface area (Å²) in [6, 6.07) is 17.2. The van der Waals surface area contributed by atoms with Crippen LogP contribution in [0.1, 0.15) is 27.3 Å². The first-order valence-electron chi connectivity index (χ1n) is 9.14. The van der Waals surface area contributed by atoms with Crippen molar-refractivity contribution >= 4 is 17.5 Å². The first-order chi connectivity index (χ1) is 13.5. The third kappa shape index (κ3) is 5.07. The molecule has 28 heavy (non-hydrogen) atoms. The Morgan fingerprint density at radius 1 is 1.04 bits per heavy atom. The molecule has 6 nitrogen and oxygen atoms in total.